The molecule has 2 aromatic carbocycles. The van der Waals surface area contributed by atoms with E-state index in [0.717, 1.165) is 4.90 Å². The summed E-state index contributed by atoms with van der Waals surface area (Å²) in [6.45, 7) is 0.0699. The Labute approximate surface area is 179 Å². The molecule has 28 heavy (non-hydrogen) atoms. The molecule has 1 fully saturated rings. The molecule has 1 N–H and O–H groups in total. The minimum Gasteiger partial charge on any atom is -0.454 e. The Morgan fingerprint density at radius 2 is 1.79 bits per heavy atom. The third-order valence-corrected chi connectivity index (χ3v) is 5.49. The number of fused-ring (bicyclic) bond motifs is 1. The number of carbonyl (C=O) groups is 2. The van der Waals surface area contributed by atoms with Gasteiger partial charge in [-0.2, -0.15) is 0 Å². The zero-order chi connectivity index (χ0) is 20.0. The summed E-state index contributed by atoms with van der Waals surface area (Å²) in [5, 5.41) is 3.04. The summed E-state index contributed by atoms with van der Waals surface area (Å²) >= 11 is 23.7. The molecule has 2 heterocycles. The van der Waals surface area contributed by atoms with E-state index in [1.165, 1.54) is 6.08 Å². The molecule has 142 valence electrons. The van der Waals surface area contributed by atoms with Crippen molar-refractivity contribution >= 4 is 75.7 Å². The Bertz CT molecular complexity index is 1090. The predicted octanol–water partition coefficient (Wildman–Crippen LogP) is 4.21. The lowest BCUT2D eigenvalue weighted by Gasteiger charge is -2.29. The van der Waals surface area contributed by atoms with Gasteiger partial charge in [0.15, 0.2) is 16.6 Å². The van der Waals surface area contributed by atoms with Gasteiger partial charge in [0.25, 0.3) is 11.8 Å². The molecule has 2 amide bonds. The molecule has 1 saturated heterocycles. The van der Waals surface area contributed by atoms with Gasteiger partial charge in [-0.05, 0) is 42.1 Å². The van der Waals surface area contributed by atoms with Crippen molar-refractivity contribution in [1.82, 2.24) is 5.32 Å². The monoisotopic (exact) mass is 454 g/mol. The maximum Gasteiger partial charge on any atom is 0.270 e. The molecule has 0 spiro atoms. The average molecular weight is 456 g/mol. The standard InChI is InChI=1S/C18H9Cl3N2O4S/c19-10-2-1-3-12(15(10)21)23-17(25)9(16(24)22-18(23)28)4-8-5-13-14(6-11(8)20)27-7-26-13/h1-6H,7H2,(H,22,24,28). The summed E-state index contributed by atoms with van der Waals surface area (Å²) in [7, 11) is 0. The molecule has 4 rings (SSSR count). The van der Waals surface area contributed by atoms with Crippen LogP contribution >= 0.6 is 47.0 Å². The van der Waals surface area contributed by atoms with Gasteiger partial charge in [-0.25, -0.2) is 0 Å². The fourth-order valence-corrected chi connectivity index (χ4v) is 3.60. The highest BCUT2D eigenvalue weighted by atomic mass is 35.5. The van der Waals surface area contributed by atoms with E-state index in [1.807, 2.05) is 0 Å². The lowest BCUT2D eigenvalue weighted by Crippen LogP contribution is -2.54. The van der Waals surface area contributed by atoms with Crippen molar-refractivity contribution in [1.29, 1.82) is 0 Å². The number of nitrogens with one attached hydrogen (secondary N) is 1. The minimum atomic E-state index is -0.661. The highest BCUT2D eigenvalue weighted by molar-refractivity contribution is 7.80. The Morgan fingerprint density at radius 3 is 2.54 bits per heavy atom. The summed E-state index contributed by atoms with van der Waals surface area (Å²) in [5.41, 5.74) is 0.492. The van der Waals surface area contributed by atoms with Crippen molar-refractivity contribution < 1.29 is 19.1 Å². The van der Waals surface area contributed by atoms with E-state index in [-0.39, 0.29) is 38.2 Å². The van der Waals surface area contributed by atoms with Crippen LogP contribution in [-0.2, 0) is 9.59 Å². The van der Waals surface area contributed by atoms with Crippen LogP contribution in [0.1, 0.15) is 5.56 Å². The van der Waals surface area contributed by atoms with Gasteiger partial charge in [-0.1, -0.05) is 40.9 Å². The van der Waals surface area contributed by atoms with Crippen LogP contribution < -0.4 is 19.7 Å². The van der Waals surface area contributed by atoms with Crippen molar-refractivity contribution in [3.05, 3.63) is 56.5 Å². The third-order valence-electron chi connectivity index (χ3n) is 4.07. The van der Waals surface area contributed by atoms with Crippen LogP contribution in [0.25, 0.3) is 6.08 Å². The van der Waals surface area contributed by atoms with Crippen LogP contribution in [0.15, 0.2) is 35.9 Å². The van der Waals surface area contributed by atoms with Crippen molar-refractivity contribution in [3.63, 3.8) is 0 Å². The number of hydrogen-bond donors (Lipinski definition) is 1. The smallest absolute Gasteiger partial charge is 0.270 e. The number of rotatable bonds is 2. The van der Waals surface area contributed by atoms with Gasteiger partial charge in [-0.15, -0.1) is 0 Å². The molecule has 0 aromatic heterocycles. The molecule has 6 nitrogen and oxygen atoms in total. The van der Waals surface area contributed by atoms with E-state index >= 15 is 0 Å². The molecule has 0 saturated carbocycles. The summed E-state index contributed by atoms with van der Waals surface area (Å²) in [4.78, 5) is 26.6. The van der Waals surface area contributed by atoms with E-state index in [0.29, 0.717) is 17.1 Å². The van der Waals surface area contributed by atoms with E-state index in [4.69, 9.17) is 56.5 Å². The number of amides is 2. The van der Waals surface area contributed by atoms with E-state index in [9.17, 15) is 9.59 Å². The second-order valence-electron chi connectivity index (χ2n) is 5.76. The molecule has 2 aromatic rings. The Balaban J connectivity index is 1.78. The Morgan fingerprint density at radius 1 is 1.07 bits per heavy atom. The van der Waals surface area contributed by atoms with Gasteiger partial charge in [0.1, 0.15) is 5.57 Å². The molecular formula is C18H9Cl3N2O4S. The fraction of sp³-hybridized carbons (Fsp3) is 0.0556. The lowest BCUT2D eigenvalue weighted by atomic mass is 10.1. The summed E-state index contributed by atoms with van der Waals surface area (Å²) in [6.07, 6.45) is 1.36. The molecule has 0 atom stereocenters. The van der Waals surface area contributed by atoms with Crippen molar-refractivity contribution in [2.24, 2.45) is 0 Å². The molecular weight excluding hydrogens is 447 g/mol. The quantitative estimate of drug-likeness (QED) is 0.417. The number of ether oxygens (including phenoxy) is 2. The van der Waals surface area contributed by atoms with Crippen molar-refractivity contribution in [3.8, 4) is 11.5 Å². The largest absolute Gasteiger partial charge is 0.454 e. The molecule has 2 aliphatic heterocycles. The van der Waals surface area contributed by atoms with Crippen LogP contribution in [-0.4, -0.2) is 23.7 Å². The topological polar surface area (TPSA) is 67.9 Å². The number of anilines is 1. The zero-order valence-corrected chi connectivity index (χ0v) is 16.9. The average Bonchev–Trinajstić information content (AvgIpc) is 3.09. The van der Waals surface area contributed by atoms with E-state index < -0.39 is 11.8 Å². The third kappa shape index (κ3) is 3.20. The maximum atomic E-state index is 13.1. The van der Waals surface area contributed by atoms with Gasteiger partial charge in [0.2, 0.25) is 6.79 Å². The van der Waals surface area contributed by atoms with Gasteiger partial charge in [-0.3, -0.25) is 19.8 Å². The fourth-order valence-electron chi connectivity index (χ4n) is 2.74. The van der Waals surface area contributed by atoms with E-state index in [2.05, 4.69) is 5.32 Å². The predicted molar refractivity (Wildman–Crippen MR) is 110 cm³/mol. The lowest BCUT2D eigenvalue weighted by molar-refractivity contribution is -0.122. The molecule has 0 radical (unpaired) electrons. The summed E-state index contributed by atoms with van der Waals surface area (Å²) < 4.78 is 10.6. The van der Waals surface area contributed by atoms with Crippen LogP contribution in [0.4, 0.5) is 5.69 Å². The maximum absolute atomic E-state index is 13.1. The first kappa shape index (κ1) is 19.0. The van der Waals surface area contributed by atoms with Crippen LogP contribution in [0.5, 0.6) is 11.5 Å². The first-order valence-electron chi connectivity index (χ1n) is 7.81. The number of benzene rings is 2. The highest BCUT2D eigenvalue weighted by Gasteiger charge is 2.36. The number of carbonyl (C=O) groups excluding carboxylic acids is 2. The molecule has 0 unspecified atom stereocenters. The molecule has 0 bridgehead atoms. The van der Waals surface area contributed by atoms with Crippen LogP contribution in [0.3, 0.4) is 0 Å². The zero-order valence-electron chi connectivity index (χ0n) is 13.8. The summed E-state index contributed by atoms with van der Waals surface area (Å²) in [6, 6.07) is 7.90. The molecule has 2 aliphatic rings. The number of nitrogens with zero attached hydrogens (tertiary/aromatic N) is 1. The van der Waals surface area contributed by atoms with Crippen molar-refractivity contribution in [2.45, 2.75) is 0 Å². The normalized spacial score (nSPS) is 17.3. The first-order valence-corrected chi connectivity index (χ1v) is 9.35. The SMILES string of the molecule is O=C1NC(=S)N(c2cccc(Cl)c2Cl)C(=O)C1=Cc1cc2c(cc1Cl)OCO2. The van der Waals surface area contributed by atoms with Crippen LogP contribution in [0.2, 0.25) is 15.1 Å². The minimum absolute atomic E-state index is 0.0699. The van der Waals surface area contributed by atoms with Crippen LogP contribution in [0, 0.1) is 0 Å². The van der Waals surface area contributed by atoms with Gasteiger partial charge in [0.05, 0.1) is 20.8 Å². The first-order chi connectivity index (χ1) is 13.4. The number of thiocarbonyl (C=S) groups is 1. The Kier molecular flexibility index (Phi) is 4.93. The van der Waals surface area contributed by atoms with Gasteiger partial charge >= 0.3 is 0 Å². The second kappa shape index (κ2) is 7.25. The van der Waals surface area contributed by atoms with Crippen molar-refractivity contribution in [2.75, 3.05) is 11.7 Å². The molecule has 10 heteroatoms. The summed E-state index contributed by atoms with van der Waals surface area (Å²) in [5.74, 6) is -0.366. The van der Waals surface area contributed by atoms with Gasteiger partial charge in [0, 0.05) is 6.07 Å². The molecule has 0 aliphatic carbocycles. The second-order valence-corrected chi connectivity index (χ2v) is 7.34. The Hall–Kier alpha value is -2.32. The van der Waals surface area contributed by atoms with E-state index in [1.54, 1.807) is 30.3 Å². The van der Waals surface area contributed by atoms with Gasteiger partial charge < -0.3 is 9.47 Å². The number of halogens is 3. The highest BCUT2D eigenvalue weighted by Crippen LogP contribution is 2.38. The number of hydrogen-bond acceptors (Lipinski definition) is 5.